The third kappa shape index (κ3) is 7.04. The van der Waals surface area contributed by atoms with Crippen LogP contribution >= 0.6 is 0 Å². The van der Waals surface area contributed by atoms with E-state index in [2.05, 4.69) is 26.5 Å². The van der Waals surface area contributed by atoms with Gasteiger partial charge in [-0.3, -0.25) is 10.2 Å². The largest absolute Gasteiger partial charge is 0.481 e. The summed E-state index contributed by atoms with van der Waals surface area (Å²) in [7, 11) is 1.55. The van der Waals surface area contributed by atoms with Gasteiger partial charge in [0.15, 0.2) is 0 Å². The fraction of sp³-hybridized carbons (Fsp3) is 0.682. The Hall–Kier alpha value is -2.43. The molecule has 1 aliphatic carbocycles. The first-order chi connectivity index (χ1) is 15.5. The van der Waals surface area contributed by atoms with Crippen LogP contribution in [0, 0.1) is 11.8 Å². The van der Waals surface area contributed by atoms with E-state index < -0.39 is 6.09 Å². The molecule has 0 radical (unpaired) electrons. The number of hydrogen-bond donors (Lipinski definition) is 5. The van der Waals surface area contributed by atoms with Crippen molar-refractivity contribution in [3.8, 4) is 5.88 Å². The summed E-state index contributed by atoms with van der Waals surface area (Å²) in [6.45, 7) is 2.45. The lowest BCUT2D eigenvalue weighted by Crippen LogP contribution is -2.45. The van der Waals surface area contributed by atoms with Crippen molar-refractivity contribution in [3.05, 3.63) is 23.9 Å². The number of hydrazine groups is 1. The normalized spacial score (nSPS) is 25.8. The van der Waals surface area contributed by atoms with Crippen molar-refractivity contribution in [3.63, 3.8) is 0 Å². The Morgan fingerprint density at radius 3 is 2.81 bits per heavy atom. The van der Waals surface area contributed by atoms with E-state index in [1.54, 1.807) is 19.4 Å². The lowest BCUT2D eigenvalue weighted by atomic mass is 9.96. The number of ether oxygens (including phenoxy) is 2. The second-order valence-corrected chi connectivity index (χ2v) is 8.57. The predicted octanol–water partition coefficient (Wildman–Crippen LogP) is 0.855. The second-order valence-electron chi connectivity index (χ2n) is 8.57. The zero-order valence-electron chi connectivity index (χ0n) is 18.8. The van der Waals surface area contributed by atoms with Gasteiger partial charge in [0.1, 0.15) is 6.10 Å². The van der Waals surface area contributed by atoms with Crippen LogP contribution in [0.1, 0.15) is 44.6 Å². The van der Waals surface area contributed by atoms with Gasteiger partial charge in [0.05, 0.1) is 19.7 Å². The fourth-order valence-corrected chi connectivity index (χ4v) is 4.26. The van der Waals surface area contributed by atoms with Crippen molar-refractivity contribution >= 4 is 12.0 Å². The van der Waals surface area contributed by atoms with Crippen molar-refractivity contribution < 1.29 is 24.2 Å². The van der Waals surface area contributed by atoms with Crippen molar-refractivity contribution in [2.45, 2.75) is 63.8 Å². The Morgan fingerprint density at radius 2 is 2.12 bits per heavy atom. The molecule has 3 rings (SSSR count). The summed E-state index contributed by atoms with van der Waals surface area (Å²) in [4.78, 5) is 28.5. The molecule has 10 nitrogen and oxygen atoms in total. The number of aromatic nitrogens is 1. The Balaban J connectivity index is 1.36. The number of nitrogens with zero attached hydrogens (tertiary/aromatic N) is 1. The SMILES string of the molecule is CCC(CO)CNC(=O)O[C@@H]1CC[C@H](C2CC(NC(=O)Cc3ccc(OC)nc3)NN2)C1. The maximum absolute atomic E-state index is 12.4. The highest BCUT2D eigenvalue weighted by Crippen LogP contribution is 2.32. The van der Waals surface area contributed by atoms with Gasteiger partial charge in [0.2, 0.25) is 11.8 Å². The summed E-state index contributed by atoms with van der Waals surface area (Å²) in [5.41, 5.74) is 7.27. The van der Waals surface area contributed by atoms with Crippen molar-refractivity contribution in [1.29, 1.82) is 0 Å². The van der Waals surface area contributed by atoms with E-state index in [9.17, 15) is 14.7 Å². The molecule has 1 aromatic heterocycles. The molecule has 2 aliphatic rings. The summed E-state index contributed by atoms with van der Waals surface area (Å²) in [5.74, 6) is 0.870. The summed E-state index contributed by atoms with van der Waals surface area (Å²) >= 11 is 0. The Morgan fingerprint density at radius 1 is 1.28 bits per heavy atom. The number of nitrogens with one attached hydrogen (secondary N) is 4. The smallest absolute Gasteiger partial charge is 0.407 e. The molecule has 178 valence electrons. The molecular formula is C22H35N5O5. The monoisotopic (exact) mass is 449 g/mol. The second kappa shape index (κ2) is 12.0. The van der Waals surface area contributed by atoms with Gasteiger partial charge in [-0.15, -0.1) is 0 Å². The quantitative estimate of drug-likeness (QED) is 0.355. The van der Waals surface area contributed by atoms with Crippen LogP contribution < -0.4 is 26.2 Å². The number of aliphatic hydroxyl groups is 1. The molecule has 10 heteroatoms. The summed E-state index contributed by atoms with van der Waals surface area (Å²) in [5, 5.41) is 15.0. The summed E-state index contributed by atoms with van der Waals surface area (Å²) in [6.07, 6.45) is 5.38. The highest BCUT2D eigenvalue weighted by molar-refractivity contribution is 5.78. The van der Waals surface area contributed by atoms with Crippen LogP contribution in [-0.2, 0) is 16.0 Å². The van der Waals surface area contributed by atoms with Crippen LogP contribution in [0.25, 0.3) is 0 Å². The van der Waals surface area contributed by atoms with Crippen LogP contribution in [0.3, 0.4) is 0 Å². The number of amides is 2. The molecule has 3 unspecified atom stereocenters. The van der Waals surface area contributed by atoms with Crippen LogP contribution in [0.2, 0.25) is 0 Å². The van der Waals surface area contributed by atoms with Crippen molar-refractivity contribution in [2.24, 2.45) is 11.8 Å². The molecule has 2 amide bonds. The molecule has 0 aromatic carbocycles. The minimum atomic E-state index is -0.418. The van der Waals surface area contributed by atoms with Gasteiger partial charge in [-0.1, -0.05) is 13.0 Å². The molecule has 1 aromatic rings. The first kappa shape index (κ1) is 24.2. The minimum Gasteiger partial charge on any atom is -0.481 e. The number of pyridine rings is 1. The van der Waals surface area contributed by atoms with E-state index in [-0.39, 0.29) is 43.2 Å². The average molecular weight is 450 g/mol. The number of alkyl carbamates (subject to hydrolysis) is 1. The highest BCUT2D eigenvalue weighted by atomic mass is 16.6. The minimum absolute atomic E-state index is 0.0529. The average Bonchev–Trinajstić information content (AvgIpc) is 3.44. The van der Waals surface area contributed by atoms with Gasteiger partial charge in [0.25, 0.3) is 0 Å². The first-order valence-corrected chi connectivity index (χ1v) is 11.3. The summed E-state index contributed by atoms with van der Waals surface area (Å²) in [6, 6.07) is 3.77. The standard InChI is InChI=1S/C22H35N5O5/c1-3-14(13-28)11-24-22(30)32-17-6-5-16(9-17)18-10-19(27-26-18)25-20(29)8-15-4-7-21(31-2)23-12-15/h4,7,12,14,16-19,26-28H,3,5-6,8-11,13H2,1-2H3,(H,24,30)(H,25,29)/t14?,16-,17+,18?,19?/m0/s1. The number of rotatable bonds is 10. The zero-order chi connectivity index (χ0) is 22.9. The van der Waals surface area contributed by atoms with Gasteiger partial charge in [-0.2, -0.15) is 0 Å². The molecule has 1 saturated heterocycles. The number of carbonyl (C=O) groups excluding carboxylic acids is 2. The lowest BCUT2D eigenvalue weighted by molar-refractivity contribution is -0.121. The zero-order valence-corrected chi connectivity index (χ0v) is 18.8. The first-order valence-electron chi connectivity index (χ1n) is 11.3. The number of carbonyl (C=O) groups is 2. The number of aliphatic hydroxyl groups excluding tert-OH is 1. The van der Waals surface area contributed by atoms with Crippen LogP contribution in [0.15, 0.2) is 18.3 Å². The van der Waals surface area contributed by atoms with E-state index >= 15 is 0 Å². The Labute approximate surface area is 188 Å². The highest BCUT2D eigenvalue weighted by Gasteiger charge is 2.37. The van der Waals surface area contributed by atoms with E-state index in [0.29, 0.717) is 18.3 Å². The Kier molecular flexibility index (Phi) is 9.07. The van der Waals surface area contributed by atoms with E-state index in [1.807, 2.05) is 13.0 Å². The predicted molar refractivity (Wildman–Crippen MR) is 118 cm³/mol. The number of methoxy groups -OCH3 is 1. The van der Waals surface area contributed by atoms with E-state index in [1.165, 1.54) is 0 Å². The Bertz CT molecular complexity index is 743. The van der Waals surface area contributed by atoms with Crippen molar-refractivity contribution in [2.75, 3.05) is 20.3 Å². The van der Waals surface area contributed by atoms with Crippen LogP contribution in [0.5, 0.6) is 5.88 Å². The maximum Gasteiger partial charge on any atom is 0.407 e. The third-order valence-electron chi connectivity index (χ3n) is 6.28. The fourth-order valence-electron chi connectivity index (χ4n) is 4.26. The molecule has 5 N–H and O–H groups in total. The van der Waals surface area contributed by atoms with Gasteiger partial charge < -0.3 is 25.2 Å². The van der Waals surface area contributed by atoms with Gasteiger partial charge in [-0.25, -0.2) is 15.2 Å². The topological polar surface area (TPSA) is 134 Å². The molecule has 2 fully saturated rings. The molecule has 0 bridgehead atoms. The van der Waals surface area contributed by atoms with E-state index in [0.717, 1.165) is 37.7 Å². The molecule has 1 aliphatic heterocycles. The van der Waals surface area contributed by atoms with Gasteiger partial charge in [0, 0.05) is 31.5 Å². The molecule has 2 heterocycles. The third-order valence-corrected chi connectivity index (χ3v) is 6.28. The van der Waals surface area contributed by atoms with Crippen molar-refractivity contribution in [1.82, 2.24) is 26.5 Å². The molecule has 32 heavy (non-hydrogen) atoms. The number of hydrogen-bond acceptors (Lipinski definition) is 8. The van der Waals surface area contributed by atoms with E-state index in [4.69, 9.17) is 9.47 Å². The molecule has 0 spiro atoms. The molecular weight excluding hydrogens is 414 g/mol. The summed E-state index contributed by atoms with van der Waals surface area (Å²) < 4.78 is 10.6. The van der Waals surface area contributed by atoms with Crippen LogP contribution in [-0.4, -0.2) is 60.7 Å². The molecule has 1 saturated carbocycles. The van der Waals surface area contributed by atoms with Gasteiger partial charge >= 0.3 is 6.09 Å². The lowest BCUT2D eigenvalue weighted by Gasteiger charge is -2.19. The van der Waals surface area contributed by atoms with Crippen LogP contribution in [0.4, 0.5) is 4.79 Å². The van der Waals surface area contributed by atoms with Gasteiger partial charge in [-0.05, 0) is 49.5 Å². The molecule has 5 atom stereocenters. The maximum atomic E-state index is 12.4.